The topological polar surface area (TPSA) is 21.3 Å². The van der Waals surface area contributed by atoms with Crippen LogP contribution in [-0.2, 0) is 4.74 Å². The van der Waals surface area contributed by atoms with Crippen molar-refractivity contribution in [1.29, 1.82) is 0 Å². The molecule has 0 amide bonds. The van der Waals surface area contributed by atoms with Gasteiger partial charge in [0.1, 0.15) is 0 Å². The average molecular weight is 246 g/mol. The molecule has 1 N–H and O–H groups in total. The van der Waals surface area contributed by atoms with Gasteiger partial charge in [0.15, 0.2) is 0 Å². The fraction of sp³-hybridized carbons (Fsp3) is 1.00. The Labute approximate surface area is 104 Å². The molecule has 0 radical (unpaired) electrons. The van der Waals surface area contributed by atoms with Crippen molar-refractivity contribution in [3.05, 3.63) is 0 Å². The van der Waals surface area contributed by atoms with Gasteiger partial charge in [0.2, 0.25) is 0 Å². The van der Waals surface area contributed by atoms with Gasteiger partial charge in [-0.2, -0.15) is 0 Å². The SMILES string of the molecule is CC1CCC(CCl)(NCC2CCOC2)CC1. The van der Waals surface area contributed by atoms with E-state index in [0.29, 0.717) is 5.92 Å². The van der Waals surface area contributed by atoms with Gasteiger partial charge in [-0.05, 0) is 43.9 Å². The van der Waals surface area contributed by atoms with Gasteiger partial charge in [-0.25, -0.2) is 0 Å². The van der Waals surface area contributed by atoms with Gasteiger partial charge < -0.3 is 10.1 Å². The van der Waals surface area contributed by atoms with Crippen LogP contribution in [0.25, 0.3) is 0 Å². The van der Waals surface area contributed by atoms with Crippen LogP contribution in [0.4, 0.5) is 0 Å². The van der Waals surface area contributed by atoms with Crippen molar-refractivity contribution in [2.45, 2.75) is 44.6 Å². The van der Waals surface area contributed by atoms with E-state index in [2.05, 4.69) is 12.2 Å². The lowest BCUT2D eigenvalue weighted by Gasteiger charge is -2.39. The second-order valence-corrected chi connectivity index (χ2v) is 5.97. The first kappa shape index (κ1) is 12.7. The first-order valence-electron chi connectivity index (χ1n) is 6.63. The van der Waals surface area contributed by atoms with Crippen LogP contribution in [-0.4, -0.2) is 31.2 Å². The maximum absolute atomic E-state index is 6.18. The summed E-state index contributed by atoms with van der Waals surface area (Å²) in [7, 11) is 0. The fourth-order valence-electron chi connectivity index (χ4n) is 2.78. The highest BCUT2D eigenvalue weighted by Crippen LogP contribution is 2.33. The van der Waals surface area contributed by atoms with Crippen LogP contribution in [0.5, 0.6) is 0 Å². The first-order chi connectivity index (χ1) is 7.74. The molecule has 1 unspecified atom stereocenters. The predicted octanol–water partition coefficient (Wildman–Crippen LogP) is 2.80. The normalized spacial score (nSPS) is 40.1. The van der Waals surface area contributed by atoms with Crippen LogP contribution in [0.15, 0.2) is 0 Å². The molecule has 1 heterocycles. The summed E-state index contributed by atoms with van der Waals surface area (Å²) in [5.41, 5.74) is 0.219. The quantitative estimate of drug-likeness (QED) is 0.770. The highest BCUT2D eigenvalue weighted by Gasteiger charge is 2.33. The van der Waals surface area contributed by atoms with Gasteiger partial charge in [-0.3, -0.25) is 0 Å². The van der Waals surface area contributed by atoms with Crippen molar-refractivity contribution in [3.8, 4) is 0 Å². The third-order valence-electron chi connectivity index (χ3n) is 4.28. The smallest absolute Gasteiger partial charge is 0.0507 e. The van der Waals surface area contributed by atoms with Gasteiger partial charge in [0.25, 0.3) is 0 Å². The molecule has 2 nitrogen and oxygen atoms in total. The molecule has 1 saturated carbocycles. The van der Waals surface area contributed by atoms with Gasteiger partial charge in [-0.1, -0.05) is 6.92 Å². The standard InChI is InChI=1S/C13H24ClNO/c1-11-2-5-13(10-14,6-3-11)15-8-12-4-7-16-9-12/h11-12,15H,2-10H2,1H3. The van der Waals surface area contributed by atoms with Crippen molar-refractivity contribution >= 4 is 11.6 Å². The van der Waals surface area contributed by atoms with Gasteiger partial charge in [0, 0.05) is 24.6 Å². The van der Waals surface area contributed by atoms with Crippen LogP contribution < -0.4 is 5.32 Å². The Morgan fingerprint density at radius 2 is 2.06 bits per heavy atom. The summed E-state index contributed by atoms with van der Waals surface area (Å²) in [6, 6.07) is 0. The Balaban J connectivity index is 1.79. The molecule has 1 saturated heterocycles. The molecule has 1 aliphatic carbocycles. The van der Waals surface area contributed by atoms with E-state index in [-0.39, 0.29) is 5.54 Å². The first-order valence-corrected chi connectivity index (χ1v) is 7.16. The molecule has 16 heavy (non-hydrogen) atoms. The predicted molar refractivity (Wildman–Crippen MR) is 68.0 cm³/mol. The molecular weight excluding hydrogens is 222 g/mol. The molecule has 3 heteroatoms. The van der Waals surface area contributed by atoms with Crippen molar-refractivity contribution < 1.29 is 4.74 Å². The van der Waals surface area contributed by atoms with E-state index >= 15 is 0 Å². The van der Waals surface area contributed by atoms with E-state index in [9.17, 15) is 0 Å². The van der Waals surface area contributed by atoms with E-state index < -0.39 is 0 Å². The maximum atomic E-state index is 6.18. The summed E-state index contributed by atoms with van der Waals surface area (Å²) < 4.78 is 5.41. The number of halogens is 1. The number of nitrogens with one attached hydrogen (secondary N) is 1. The van der Waals surface area contributed by atoms with Crippen molar-refractivity contribution in [2.75, 3.05) is 25.6 Å². The molecule has 0 aromatic rings. The third-order valence-corrected chi connectivity index (χ3v) is 4.79. The van der Waals surface area contributed by atoms with Gasteiger partial charge in [-0.15, -0.1) is 11.6 Å². The molecule has 2 fully saturated rings. The lowest BCUT2D eigenvalue weighted by atomic mass is 9.78. The summed E-state index contributed by atoms with van der Waals surface area (Å²) in [5, 5.41) is 3.74. The summed E-state index contributed by atoms with van der Waals surface area (Å²) in [5.74, 6) is 2.35. The fourth-order valence-corrected chi connectivity index (χ4v) is 3.14. The number of hydrogen-bond acceptors (Lipinski definition) is 2. The monoisotopic (exact) mass is 245 g/mol. The summed E-state index contributed by atoms with van der Waals surface area (Å²) in [4.78, 5) is 0. The molecule has 94 valence electrons. The Hall–Kier alpha value is 0.210. The van der Waals surface area contributed by atoms with Gasteiger partial charge in [0.05, 0.1) is 6.61 Å². The number of ether oxygens (including phenoxy) is 1. The second kappa shape index (κ2) is 5.70. The zero-order valence-corrected chi connectivity index (χ0v) is 11.1. The van der Waals surface area contributed by atoms with Gasteiger partial charge >= 0.3 is 0 Å². The third kappa shape index (κ3) is 3.12. The summed E-state index contributed by atoms with van der Waals surface area (Å²) >= 11 is 6.18. The molecule has 0 aromatic heterocycles. The molecular formula is C13H24ClNO. The minimum Gasteiger partial charge on any atom is -0.381 e. The van der Waals surface area contributed by atoms with E-state index in [1.54, 1.807) is 0 Å². The molecule has 0 aromatic carbocycles. The molecule has 2 aliphatic rings. The molecule has 0 spiro atoms. The number of alkyl halides is 1. The maximum Gasteiger partial charge on any atom is 0.0507 e. The minimum absolute atomic E-state index is 0.219. The Bertz CT molecular complexity index is 208. The number of rotatable bonds is 4. The Kier molecular flexibility index (Phi) is 4.51. The average Bonchev–Trinajstić information content (AvgIpc) is 2.82. The summed E-state index contributed by atoms with van der Waals surface area (Å²) in [6.07, 6.45) is 6.33. The van der Waals surface area contributed by atoms with E-state index in [4.69, 9.17) is 16.3 Å². The zero-order valence-electron chi connectivity index (χ0n) is 10.3. The van der Waals surface area contributed by atoms with E-state index in [1.807, 2.05) is 0 Å². The highest BCUT2D eigenvalue weighted by molar-refractivity contribution is 6.18. The molecule has 0 bridgehead atoms. The van der Waals surface area contributed by atoms with E-state index in [1.165, 1.54) is 32.1 Å². The van der Waals surface area contributed by atoms with Crippen LogP contribution >= 0.6 is 11.6 Å². The van der Waals surface area contributed by atoms with Crippen LogP contribution in [0.3, 0.4) is 0 Å². The number of hydrogen-bond donors (Lipinski definition) is 1. The summed E-state index contributed by atoms with van der Waals surface area (Å²) in [6.45, 7) is 5.31. The van der Waals surface area contributed by atoms with Crippen LogP contribution in [0.1, 0.15) is 39.0 Å². The Morgan fingerprint density at radius 1 is 1.31 bits per heavy atom. The highest BCUT2D eigenvalue weighted by atomic mass is 35.5. The van der Waals surface area contributed by atoms with Crippen molar-refractivity contribution in [3.63, 3.8) is 0 Å². The minimum atomic E-state index is 0.219. The molecule has 2 rings (SSSR count). The largest absolute Gasteiger partial charge is 0.381 e. The van der Waals surface area contributed by atoms with Crippen molar-refractivity contribution in [2.24, 2.45) is 11.8 Å². The zero-order chi connectivity index (χ0) is 11.4. The lowest BCUT2D eigenvalue weighted by molar-refractivity contribution is 0.174. The Morgan fingerprint density at radius 3 is 2.62 bits per heavy atom. The second-order valence-electron chi connectivity index (χ2n) is 5.71. The van der Waals surface area contributed by atoms with Crippen LogP contribution in [0.2, 0.25) is 0 Å². The molecule has 1 aliphatic heterocycles. The molecule has 1 atom stereocenters. The van der Waals surface area contributed by atoms with Crippen LogP contribution in [0, 0.1) is 11.8 Å². The lowest BCUT2D eigenvalue weighted by Crippen LogP contribution is -2.51. The van der Waals surface area contributed by atoms with Crippen molar-refractivity contribution in [1.82, 2.24) is 5.32 Å². The van der Waals surface area contributed by atoms with E-state index in [0.717, 1.165) is 31.6 Å².